The van der Waals surface area contributed by atoms with Crippen LogP contribution in [0.1, 0.15) is 47.8 Å². The second-order valence-corrected chi connectivity index (χ2v) is 7.58. The lowest BCUT2D eigenvalue weighted by atomic mass is 10.0. The number of carbonyl (C=O) groups excluding carboxylic acids is 2. The number of nitrogens with zero attached hydrogens (tertiary/aromatic N) is 1. The summed E-state index contributed by atoms with van der Waals surface area (Å²) in [6.07, 6.45) is 0.899. The molecule has 1 atom stereocenters. The highest BCUT2D eigenvalue weighted by Gasteiger charge is 2.40. The fourth-order valence-electron chi connectivity index (χ4n) is 3.63. The minimum Gasteiger partial charge on any atom is -0.454 e. The summed E-state index contributed by atoms with van der Waals surface area (Å²) < 4.78 is 10.8. The molecule has 0 spiro atoms. The van der Waals surface area contributed by atoms with Crippen LogP contribution in [0.4, 0.5) is 0 Å². The standard InChI is InChI=1S/C22H24N2O4/c1-14(2)9-10-23-21(25)20-16-5-3-4-6-17(16)22(26)24(20)12-15-7-8-18-19(11-15)28-13-27-18/h3-8,11,14,20H,9-10,12-13H2,1-2H3,(H,23,25)/t20-/m0/s1. The van der Waals surface area contributed by atoms with E-state index in [2.05, 4.69) is 19.2 Å². The van der Waals surface area contributed by atoms with Crippen molar-refractivity contribution in [2.45, 2.75) is 32.9 Å². The molecule has 0 unspecified atom stereocenters. The number of nitrogens with one attached hydrogen (secondary N) is 1. The quantitative estimate of drug-likeness (QED) is 0.835. The molecule has 0 saturated heterocycles. The molecule has 6 heteroatoms. The number of amides is 2. The van der Waals surface area contributed by atoms with E-state index in [1.807, 2.05) is 36.4 Å². The van der Waals surface area contributed by atoms with Crippen molar-refractivity contribution in [2.75, 3.05) is 13.3 Å². The van der Waals surface area contributed by atoms with Crippen LogP contribution in [0.5, 0.6) is 11.5 Å². The Morgan fingerprint density at radius 3 is 2.79 bits per heavy atom. The minimum absolute atomic E-state index is 0.128. The first-order valence-electron chi connectivity index (χ1n) is 9.60. The van der Waals surface area contributed by atoms with Crippen molar-refractivity contribution in [3.8, 4) is 11.5 Å². The molecular formula is C22H24N2O4. The van der Waals surface area contributed by atoms with Gasteiger partial charge in [-0.2, -0.15) is 0 Å². The van der Waals surface area contributed by atoms with Gasteiger partial charge in [-0.1, -0.05) is 38.1 Å². The number of benzene rings is 2. The van der Waals surface area contributed by atoms with E-state index in [0.717, 1.165) is 17.5 Å². The lowest BCUT2D eigenvalue weighted by molar-refractivity contribution is -0.125. The highest BCUT2D eigenvalue weighted by Crippen LogP contribution is 2.37. The van der Waals surface area contributed by atoms with Gasteiger partial charge in [0.25, 0.3) is 5.91 Å². The molecule has 2 amide bonds. The zero-order valence-corrected chi connectivity index (χ0v) is 16.1. The Bertz CT molecular complexity index is 909. The largest absolute Gasteiger partial charge is 0.454 e. The van der Waals surface area contributed by atoms with Gasteiger partial charge in [0.1, 0.15) is 6.04 Å². The summed E-state index contributed by atoms with van der Waals surface area (Å²) in [5.41, 5.74) is 2.24. The van der Waals surface area contributed by atoms with Gasteiger partial charge in [0.15, 0.2) is 11.5 Å². The van der Waals surface area contributed by atoms with Crippen LogP contribution in [0, 0.1) is 5.92 Å². The number of fused-ring (bicyclic) bond motifs is 2. The lowest BCUT2D eigenvalue weighted by Crippen LogP contribution is -2.39. The van der Waals surface area contributed by atoms with Crippen LogP contribution >= 0.6 is 0 Å². The molecule has 0 aromatic heterocycles. The Morgan fingerprint density at radius 1 is 1.18 bits per heavy atom. The number of carbonyl (C=O) groups is 2. The van der Waals surface area contributed by atoms with E-state index in [-0.39, 0.29) is 18.6 Å². The van der Waals surface area contributed by atoms with Crippen molar-refractivity contribution < 1.29 is 19.1 Å². The monoisotopic (exact) mass is 380 g/mol. The number of hydrogen-bond donors (Lipinski definition) is 1. The molecule has 2 aliphatic heterocycles. The van der Waals surface area contributed by atoms with E-state index < -0.39 is 6.04 Å². The fourth-order valence-corrected chi connectivity index (χ4v) is 3.63. The Hall–Kier alpha value is -3.02. The summed E-state index contributed by atoms with van der Waals surface area (Å²) in [5.74, 6) is 1.60. The average Bonchev–Trinajstić information content (AvgIpc) is 3.24. The summed E-state index contributed by atoms with van der Waals surface area (Å²) in [6, 6.07) is 12.3. The molecule has 2 aliphatic rings. The smallest absolute Gasteiger partial charge is 0.255 e. The van der Waals surface area contributed by atoms with E-state index in [4.69, 9.17) is 9.47 Å². The maximum Gasteiger partial charge on any atom is 0.255 e. The average molecular weight is 380 g/mol. The topological polar surface area (TPSA) is 67.9 Å². The van der Waals surface area contributed by atoms with E-state index in [1.54, 1.807) is 11.0 Å². The fraction of sp³-hybridized carbons (Fsp3) is 0.364. The normalized spacial score (nSPS) is 17.2. The number of ether oxygens (including phenoxy) is 2. The molecule has 0 saturated carbocycles. The predicted octanol–water partition coefficient (Wildman–Crippen LogP) is 3.27. The van der Waals surface area contributed by atoms with Crippen molar-refractivity contribution in [1.29, 1.82) is 0 Å². The van der Waals surface area contributed by atoms with Crippen molar-refractivity contribution in [3.05, 3.63) is 59.2 Å². The zero-order chi connectivity index (χ0) is 19.7. The Kier molecular flexibility index (Phi) is 4.94. The Morgan fingerprint density at radius 2 is 1.96 bits per heavy atom. The third-order valence-corrected chi connectivity index (χ3v) is 5.12. The Balaban J connectivity index is 1.59. The minimum atomic E-state index is -0.624. The van der Waals surface area contributed by atoms with Gasteiger partial charge in [0.2, 0.25) is 12.7 Å². The molecule has 2 heterocycles. The molecule has 6 nitrogen and oxygen atoms in total. The van der Waals surface area contributed by atoms with Crippen LogP contribution in [-0.4, -0.2) is 30.1 Å². The molecule has 0 aliphatic carbocycles. The highest BCUT2D eigenvalue weighted by atomic mass is 16.7. The number of hydrogen-bond acceptors (Lipinski definition) is 4. The molecule has 28 heavy (non-hydrogen) atoms. The molecule has 0 radical (unpaired) electrons. The molecule has 2 aromatic carbocycles. The van der Waals surface area contributed by atoms with Crippen LogP contribution < -0.4 is 14.8 Å². The first kappa shape index (κ1) is 18.3. The van der Waals surface area contributed by atoms with E-state index >= 15 is 0 Å². The van der Waals surface area contributed by atoms with Gasteiger partial charge in [-0.15, -0.1) is 0 Å². The van der Waals surface area contributed by atoms with E-state index in [0.29, 0.717) is 36.1 Å². The van der Waals surface area contributed by atoms with Gasteiger partial charge < -0.3 is 19.7 Å². The van der Waals surface area contributed by atoms with Crippen LogP contribution in [0.25, 0.3) is 0 Å². The molecule has 0 fully saturated rings. The Labute approximate surface area is 164 Å². The highest BCUT2D eigenvalue weighted by molar-refractivity contribution is 6.04. The number of rotatable bonds is 6. The van der Waals surface area contributed by atoms with Crippen LogP contribution in [-0.2, 0) is 11.3 Å². The third-order valence-electron chi connectivity index (χ3n) is 5.12. The summed E-state index contributed by atoms with van der Waals surface area (Å²) in [6.45, 7) is 5.36. The molecule has 1 N–H and O–H groups in total. The van der Waals surface area contributed by atoms with Gasteiger partial charge in [-0.25, -0.2) is 0 Å². The van der Waals surface area contributed by atoms with Gasteiger partial charge >= 0.3 is 0 Å². The van der Waals surface area contributed by atoms with Crippen molar-refractivity contribution in [2.24, 2.45) is 5.92 Å². The van der Waals surface area contributed by atoms with Crippen molar-refractivity contribution in [3.63, 3.8) is 0 Å². The van der Waals surface area contributed by atoms with Gasteiger partial charge in [0, 0.05) is 18.7 Å². The lowest BCUT2D eigenvalue weighted by Gasteiger charge is -2.25. The summed E-state index contributed by atoms with van der Waals surface area (Å²) >= 11 is 0. The molecule has 146 valence electrons. The maximum absolute atomic E-state index is 13.0. The summed E-state index contributed by atoms with van der Waals surface area (Å²) in [5, 5.41) is 3.00. The molecule has 4 rings (SSSR count). The summed E-state index contributed by atoms with van der Waals surface area (Å²) in [7, 11) is 0. The second-order valence-electron chi connectivity index (χ2n) is 7.58. The van der Waals surface area contributed by atoms with Crippen molar-refractivity contribution in [1.82, 2.24) is 10.2 Å². The van der Waals surface area contributed by atoms with Crippen LogP contribution in [0.2, 0.25) is 0 Å². The maximum atomic E-state index is 13.0. The predicted molar refractivity (Wildman–Crippen MR) is 104 cm³/mol. The first-order valence-corrected chi connectivity index (χ1v) is 9.60. The second kappa shape index (κ2) is 7.54. The van der Waals surface area contributed by atoms with Gasteiger partial charge in [-0.3, -0.25) is 9.59 Å². The SMILES string of the molecule is CC(C)CCNC(=O)[C@@H]1c2ccccc2C(=O)N1Cc1ccc2c(c1)OCO2. The molecule has 2 aromatic rings. The van der Waals surface area contributed by atoms with Crippen molar-refractivity contribution >= 4 is 11.8 Å². The summed E-state index contributed by atoms with van der Waals surface area (Å²) in [4.78, 5) is 27.6. The van der Waals surface area contributed by atoms with Crippen LogP contribution in [0.3, 0.4) is 0 Å². The van der Waals surface area contributed by atoms with E-state index in [9.17, 15) is 9.59 Å². The molecular weight excluding hydrogens is 356 g/mol. The molecule has 0 bridgehead atoms. The van der Waals surface area contributed by atoms with Gasteiger partial charge in [0.05, 0.1) is 0 Å². The first-order chi connectivity index (χ1) is 13.5. The van der Waals surface area contributed by atoms with E-state index in [1.165, 1.54) is 0 Å². The van der Waals surface area contributed by atoms with Crippen LogP contribution in [0.15, 0.2) is 42.5 Å². The third kappa shape index (κ3) is 3.42. The van der Waals surface area contributed by atoms with Gasteiger partial charge in [-0.05, 0) is 41.7 Å². The zero-order valence-electron chi connectivity index (χ0n) is 16.1.